The molecular weight excluding hydrogens is 366 g/mol. The lowest BCUT2D eigenvalue weighted by molar-refractivity contribution is -0.141. The van der Waals surface area contributed by atoms with Crippen LogP contribution in [0.3, 0.4) is 0 Å². The van der Waals surface area contributed by atoms with Gasteiger partial charge in [0, 0.05) is 6.20 Å². The first-order valence-corrected chi connectivity index (χ1v) is 9.92. The van der Waals surface area contributed by atoms with Gasteiger partial charge in [-0.15, -0.1) is 11.8 Å². The molecule has 146 valence electrons. The number of aromatic nitrogens is 1. The van der Waals surface area contributed by atoms with Crippen LogP contribution in [0.2, 0.25) is 0 Å². The molecule has 2 aromatic heterocycles. The highest BCUT2D eigenvalue weighted by molar-refractivity contribution is 7.98. The highest BCUT2D eigenvalue weighted by atomic mass is 32.2. The number of pyridine rings is 1. The summed E-state index contributed by atoms with van der Waals surface area (Å²) in [4.78, 5) is 38.0. The highest BCUT2D eigenvalue weighted by Gasteiger charge is 2.30. The van der Waals surface area contributed by atoms with E-state index in [4.69, 9.17) is 9.47 Å². The smallest absolute Gasteiger partial charge is 0.342 e. The first-order valence-electron chi connectivity index (χ1n) is 8.69. The highest BCUT2D eigenvalue weighted by Crippen LogP contribution is 2.34. The molecule has 2 heterocycles. The third-order valence-corrected chi connectivity index (χ3v) is 4.54. The molecule has 6 nitrogen and oxygen atoms in total. The number of fused-ring (bicyclic) bond motifs is 1. The Kier molecular flexibility index (Phi) is 6.36. The fraction of sp³-hybridized carbons (Fsp3) is 0.450. The lowest BCUT2D eigenvalue weighted by Gasteiger charge is -2.19. The molecule has 0 amide bonds. The molecule has 0 bridgehead atoms. The van der Waals surface area contributed by atoms with E-state index < -0.39 is 23.3 Å². The fourth-order valence-electron chi connectivity index (χ4n) is 2.75. The van der Waals surface area contributed by atoms with Gasteiger partial charge in [0.05, 0.1) is 22.6 Å². The number of ether oxygens (including phenoxy) is 2. The molecule has 2 aromatic rings. The predicted octanol–water partition coefficient (Wildman–Crippen LogP) is 4.06. The van der Waals surface area contributed by atoms with Gasteiger partial charge in [-0.05, 0) is 58.6 Å². The fourth-order valence-corrected chi connectivity index (χ4v) is 3.55. The van der Waals surface area contributed by atoms with Crippen molar-refractivity contribution in [3.05, 3.63) is 35.2 Å². The standard InChI is InChI=1S/C20H25NO5S/c1-7-25-15(23)11-14(22)17-18(27-6)16(19(24)26-20(3,4)5)13-10-12(2)8-9-21(13)17/h8-10H,7,11H2,1-6H3. The second kappa shape index (κ2) is 8.17. The number of carbonyl (C=O) groups is 3. The maximum absolute atomic E-state index is 12.9. The Morgan fingerprint density at radius 2 is 1.89 bits per heavy atom. The number of thioether (sulfide) groups is 1. The molecule has 7 heteroatoms. The zero-order valence-electron chi connectivity index (χ0n) is 16.5. The number of carbonyl (C=O) groups excluding carboxylic acids is 3. The van der Waals surface area contributed by atoms with Crippen molar-refractivity contribution in [2.24, 2.45) is 0 Å². The third-order valence-electron chi connectivity index (χ3n) is 3.73. The Bertz CT molecular complexity index is 892. The van der Waals surface area contributed by atoms with E-state index in [1.54, 1.807) is 44.5 Å². The van der Waals surface area contributed by atoms with E-state index >= 15 is 0 Å². The Morgan fingerprint density at radius 3 is 2.44 bits per heavy atom. The van der Waals surface area contributed by atoms with Crippen molar-refractivity contribution in [2.45, 2.75) is 51.5 Å². The van der Waals surface area contributed by atoms with Crippen molar-refractivity contribution in [2.75, 3.05) is 12.9 Å². The minimum absolute atomic E-state index is 0.207. The number of ketones is 1. The molecule has 0 unspecified atom stereocenters. The molecule has 0 atom stereocenters. The molecule has 0 saturated heterocycles. The maximum atomic E-state index is 12.9. The molecule has 0 aliphatic heterocycles. The Balaban J connectivity index is 2.65. The van der Waals surface area contributed by atoms with Gasteiger partial charge < -0.3 is 13.9 Å². The van der Waals surface area contributed by atoms with Crippen LogP contribution in [0, 0.1) is 6.92 Å². The molecule has 0 radical (unpaired) electrons. The van der Waals surface area contributed by atoms with Gasteiger partial charge in [0.15, 0.2) is 5.78 Å². The van der Waals surface area contributed by atoms with E-state index in [0.29, 0.717) is 21.7 Å². The van der Waals surface area contributed by atoms with Gasteiger partial charge in [-0.3, -0.25) is 9.59 Å². The van der Waals surface area contributed by atoms with Crippen molar-refractivity contribution in [3.63, 3.8) is 0 Å². The Labute approximate surface area is 163 Å². The molecule has 0 spiro atoms. The van der Waals surface area contributed by atoms with Crippen molar-refractivity contribution in [1.29, 1.82) is 0 Å². The van der Waals surface area contributed by atoms with Crippen molar-refractivity contribution in [3.8, 4) is 0 Å². The predicted molar refractivity (Wildman–Crippen MR) is 105 cm³/mol. The number of nitrogens with zero attached hydrogens (tertiary/aromatic N) is 1. The summed E-state index contributed by atoms with van der Waals surface area (Å²) >= 11 is 1.28. The van der Waals surface area contributed by atoms with Crippen molar-refractivity contribution >= 4 is 35.0 Å². The summed E-state index contributed by atoms with van der Waals surface area (Å²) in [6, 6.07) is 3.68. The van der Waals surface area contributed by atoms with E-state index in [-0.39, 0.29) is 13.0 Å². The molecule has 0 saturated carbocycles. The van der Waals surface area contributed by atoms with Gasteiger partial charge in [-0.1, -0.05) is 0 Å². The van der Waals surface area contributed by atoms with E-state index in [9.17, 15) is 14.4 Å². The molecular formula is C20H25NO5S. The van der Waals surface area contributed by atoms with E-state index in [1.807, 2.05) is 19.1 Å². The van der Waals surface area contributed by atoms with Gasteiger partial charge >= 0.3 is 11.9 Å². The zero-order valence-corrected chi connectivity index (χ0v) is 17.4. The molecule has 0 aromatic carbocycles. The van der Waals surface area contributed by atoms with Crippen LogP contribution in [0.1, 0.15) is 60.5 Å². The number of aryl methyl sites for hydroxylation is 1. The molecule has 0 fully saturated rings. The van der Waals surface area contributed by atoms with Crippen LogP contribution in [-0.2, 0) is 14.3 Å². The van der Waals surface area contributed by atoms with Gasteiger partial charge in [-0.25, -0.2) is 4.79 Å². The number of hydrogen-bond acceptors (Lipinski definition) is 6. The van der Waals surface area contributed by atoms with E-state index in [1.165, 1.54) is 11.8 Å². The first kappa shape index (κ1) is 21.0. The minimum atomic E-state index is -0.667. The molecule has 0 N–H and O–H groups in total. The van der Waals surface area contributed by atoms with E-state index in [2.05, 4.69) is 0 Å². The summed E-state index contributed by atoms with van der Waals surface area (Å²) in [5.74, 6) is -1.48. The Morgan fingerprint density at radius 1 is 1.22 bits per heavy atom. The molecule has 0 aliphatic rings. The van der Waals surface area contributed by atoms with Crippen LogP contribution in [0.15, 0.2) is 23.2 Å². The first-order chi connectivity index (χ1) is 12.6. The number of hydrogen-bond donors (Lipinski definition) is 0. The minimum Gasteiger partial charge on any atom is -0.466 e. The summed E-state index contributed by atoms with van der Waals surface area (Å²) < 4.78 is 12.1. The second-order valence-electron chi connectivity index (χ2n) is 7.12. The van der Waals surface area contributed by atoms with E-state index in [0.717, 1.165) is 5.56 Å². The van der Waals surface area contributed by atoms with Crippen LogP contribution in [-0.4, -0.2) is 40.6 Å². The Hall–Kier alpha value is -2.28. The molecule has 2 rings (SSSR count). The van der Waals surface area contributed by atoms with Gasteiger partial charge in [0.2, 0.25) is 0 Å². The van der Waals surface area contributed by atoms with Crippen molar-refractivity contribution < 1.29 is 23.9 Å². The number of esters is 2. The normalized spacial score (nSPS) is 11.5. The average molecular weight is 391 g/mol. The largest absolute Gasteiger partial charge is 0.466 e. The summed E-state index contributed by atoms with van der Waals surface area (Å²) in [7, 11) is 0. The number of Topliss-reactive ketones (excluding diaryl/α,β-unsaturated/α-hetero) is 1. The maximum Gasteiger partial charge on any atom is 0.342 e. The average Bonchev–Trinajstić information content (AvgIpc) is 2.86. The van der Waals surface area contributed by atoms with Crippen LogP contribution >= 0.6 is 11.8 Å². The molecule has 0 aliphatic carbocycles. The van der Waals surface area contributed by atoms with Crippen LogP contribution in [0.4, 0.5) is 0 Å². The SMILES string of the molecule is CCOC(=O)CC(=O)c1c(SC)c(C(=O)OC(C)(C)C)c2cc(C)ccn12. The summed E-state index contributed by atoms with van der Waals surface area (Å²) in [5.41, 5.74) is 1.50. The molecule has 27 heavy (non-hydrogen) atoms. The van der Waals surface area contributed by atoms with Crippen LogP contribution in [0.25, 0.3) is 5.52 Å². The topological polar surface area (TPSA) is 74.1 Å². The van der Waals surface area contributed by atoms with Crippen molar-refractivity contribution in [1.82, 2.24) is 4.40 Å². The van der Waals surface area contributed by atoms with Crippen LogP contribution in [0.5, 0.6) is 0 Å². The lowest BCUT2D eigenvalue weighted by atomic mass is 10.1. The lowest BCUT2D eigenvalue weighted by Crippen LogP contribution is -2.24. The summed E-state index contributed by atoms with van der Waals surface area (Å²) in [6.45, 7) is 9.18. The van der Waals surface area contributed by atoms with Gasteiger partial charge in [0.1, 0.15) is 17.7 Å². The van der Waals surface area contributed by atoms with Gasteiger partial charge in [-0.2, -0.15) is 0 Å². The third kappa shape index (κ3) is 4.71. The van der Waals surface area contributed by atoms with Gasteiger partial charge in [0.25, 0.3) is 0 Å². The summed E-state index contributed by atoms with van der Waals surface area (Å²) in [6.07, 6.45) is 3.14. The number of rotatable bonds is 6. The quantitative estimate of drug-likeness (QED) is 0.320. The second-order valence-corrected chi connectivity index (χ2v) is 7.94. The summed E-state index contributed by atoms with van der Waals surface area (Å²) in [5, 5.41) is 0. The monoisotopic (exact) mass is 391 g/mol. The van der Waals surface area contributed by atoms with Crippen LogP contribution < -0.4 is 0 Å². The zero-order chi connectivity index (χ0) is 20.4.